The van der Waals surface area contributed by atoms with E-state index in [0.29, 0.717) is 26.9 Å². The summed E-state index contributed by atoms with van der Waals surface area (Å²) in [4.78, 5) is 25.9. The van der Waals surface area contributed by atoms with Gasteiger partial charge in [-0.25, -0.2) is 0 Å². The molecule has 0 spiro atoms. The van der Waals surface area contributed by atoms with Gasteiger partial charge in [0.15, 0.2) is 5.78 Å². The summed E-state index contributed by atoms with van der Waals surface area (Å²) in [5.74, 6) is -0.641. The fourth-order valence-electron chi connectivity index (χ4n) is 3.24. The maximum Gasteiger partial charge on any atom is 0.255 e. The second kappa shape index (κ2) is 9.17. The summed E-state index contributed by atoms with van der Waals surface area (Å²) in [6, 6.07) is 28.7. The van der Waals surface area contributed by atoms with Gasteiger partial charge in [-0.05, 0) is 53.6 Å². The second-order valence-corrected chi connectivity index (χ2v) is 7.74. The SMILES string of the molecule is O=C(Nc1ccc(Cl)cc1C(=O)c1ccccc1Cl)c1ccc(-c2ccccc2)cc1. The molecule has 0 aliphatic carbocycles. The molecule has 1 amide bonds. The summed E-state index contributed by atoms with van der Waals surface area (Å²) in [5.41, 5.74) is 3.54. The molecule has 0 heterocycles. The molecule has 0 aromatic heterocycles. The molecule has 0 saturated heterocycles. The Balaban J connectivity index is 1.60. The number of amides is 1. The average molecular weight is 446 g/mol. The largest absolute Gasteiger partial charge is 0.321 e. The Hall–Kier alpha value is -3.40. The Morgan fingerprint density at radius 1 is 0.645 bits per heavy atom. The number of nitrogens with one attached hydrogen (secondary N) is 1. The van der Waals surface area contributed by atoms with Crippen LogP contribution in [0.4, 0.5) is 5.69 Å². The first-order valence-corrected chi connectivity index (χ1v) is 10.3. The number of benzene rings is 4. The van der Waals surface area contributed by atoms with Crippen molar-refractivity contribution in [2.75, 3.05) is 5.32 Å². The van der Waals surface area contributed by atoms with E-state index in [1.54, 1.807) is 48.5 Å². The monoisotopic (exact) mass is 445 g/mol. The van der Waals surface area contributed by atoms with Gasteiger partial charge in [0.1, 0.15) is 0 Å². The first-order valence-electron chi connectivity index (χ1n) is 9.58. The molecule has 0 unspecified atom stereocenters. The van der Waals surface area contributed by atoms with Crippen molar-refractivity contribution in [2.24, 2.45) is 0 Å². The third-order valence-electron chi connectivity index (χ3n) is 4.85. The molecule has 0 fully saturated rings. The summed E-state index contributed by atoms with van der Waals surface area (Å²) in [5, 5.41) is 3.55. The second-order valence-electron chi connectivity index (χ2n) is 6.90. The minimum atomic E-state index is -0.324. The van der Waals surface area contributed by atoms with Crippen LogP contribution in [0.1, 0.15) is 26.3 Å². The molecule has 0 atom stereocenters. The van der Waals surface area contributed by atoms with Gasteiger partial charge in [-0.3, -0.25) is 9.59 Å². The van der Waals surface area contributed by atoms with Crippen LogP contribution in [0.25, 0.3) is 11.1 Å². The van der Waals surface area contributed by atoms with Crippen LogP contribution < -0.4 is 5.32 Å². The zero-order valence-electron chi connectivity index (χ0n) is 16.3. The maximum absolute atomic E-state index is 13.1. The van der Waals surface area contributed by atoms with Crippen molar-refractivity contribution in [3.8, 4) is 11.1 Å². The average Bonchev–Trinajstić information content (AvgIpc) is 2.81. The van der Waals surface area contributed by atoms with Crippen molar-refractivity contribution in [1.29, 1.82) is 0 Å². The van der Waals surface area contributed by atoms with Crippen molar-refractivity contribution >= 4 is 40.6 Å². The minimum Gasteiger partial charge on any atom is -0.321 e. The van der Waals surface area contributed by atoms with Gasteiger partial charge in [0, 0.05) is 21.7 Å². The normalized spacial score (nSPS) is 10.5. The zero-order chi connectivity index (χ0) is 21.8. The van der Waals surface area contributed by atoms with E-state index in [0.717, 1.165) is 11.1 Å². The highest BCUT2D eigenvalue weighted by molar-refractivity contribution is 6.36. The molecule has 4 rings (SSSR count). The van der Waals surface area contributed by atoms with Crippen molar-refractivity contribution in [2.45, 2.75) is 0 Å². The van der Waals surface area contributed by atoms with Crippen molar-refractivity contribution in [1.82, 2.24) is 0 Å². The Labute approximate surface area is 190 Å². The quantitative estimate of drug-likeness (QED) is 0.331. The lowest BCUT2D eigenvalue weighted by Crippen LogP contribution is -2.15. The van der Waals surface area contributed by atoms with Crippen LogP contribution in [-0.2, 0) is 0 Å². The van der Waals surface area contributed by atoms with Gasteiger partial charge in [-0.15, -0.1) is 0 Å². The van der Waals surface area contributed by atoms with Crippen LogP contribution in [0, 0.1) is 0 Å². The van der Waals surface area contributed by atoms with E-state index >= 15 is 0 Å². The number of carbonyl (C=O) groups is 2. The standard InChI is InChI=1S/C26H17Cl2NO2/c27-20-14-15-24(22(16-20)25(30)21-8-4-5-9-23(21)28)29-26(31)19-12-10-18(11-13-19)17-6-2-1-3-7-17/h1-16H,(H,29,31). The predicted molar refractivity (Wildman–Crippen MR) is 126 cm³/mol. The van der Waals surface area contributed by atoms with Crippen LogP contribution in [0.5, 0.6) is 0 Å². The molecule has 31 heavy (non-hydrogen) atoms. The van der Waals surface area contributed by atoms with Gasteiger partial charge in [-0.2, -0.15) is 0 Å². The molecule has 0 radical (unpaired) electrons. The number of anilines is 1. The number of hydrogen-bond donors (Lipinski definition) is 1. The molecular weight excluding hydrogens is 429 g/mol. The van der Waals surface area contributed by atoms with E-state index in [4.69, 9.17) is 23.2 Å². The van der Waals surface area contributed by atoms with Crippen LogP contribution in [0.3, 0.4) is 0 Å². The van der Waals surface area contributed by atoms with E-state index in [-0.39, 0.29) is 17.3 Å². The number of carbonyl (C=O) groups excluding carboxylic acids is 2. The number of halogens is 2. The molecule has 1 N–H and O–H groups in total. The molecule has 5 heteroatoms. The molecule has 0 aliphatic rings. The molecule has 152 valence electrons. The van der Waals surface area contributed by atoms with Gasteiger partial charge >= 0.3 is 0 Å². The van der Waals surface area contributed by atoms with E-state index < -0.39 is 0 Å². The van der Waals surface area contributed by atoms with Gasteiger partial charge in [0.05, 0.1) is 10.7 Å². The fourth-order valence-corrected chi connectivity index (χ4v) is 3.64. The van der Waals surface area contributed by atoms with Gasteiger partial charge in [0.2, 0.25) is 0 Å². The third kappa shape index (κ3) is 4.69. The van der Waals surface area contributed by atoms with Gasteiger partial charge < -0.3 is 5.32 Å². The van der Waals surface area contributed by atoms with Crippen molar-refractivity contribution in [3.63, 3.8) is 0 Å². The van der Waals surface area contributed by atoms with Gasteiger partial charge in [0.25, 0.3) is 5.91 Å². The Morgan fingerprint density at radius 2 is 1.29 bits per heavy atom. The van der Waals surface area contributed by atoms with Crippen LogP contribution >= 0.6 is 23.2 Å². The smallest absolute Gasteiger partial charge is 0.255 e. The molecule has 4 aromatic rings. The molecular formula is C26H17Cl2NO2. The molecule has 0 saturated carbocycles. The maximum atomic E-state index is 13.1. The molecule has 3 nitrogen and oxygen atoms in total. The summed E-state index contributed by atoms with van der Waals surface area (Å²) in [7, 11) is 0. The lowest BCUT2D eigenvalue weighted by Gasteiger charge is -2.12. The van der Waals surface area contributed by atoms with Crippen LogP contribution in [0.2, 0.25) is 10.0 Å². The number of rotatable bonds is 5. The number of hydrogen-bond acceptors (Lipinski definition) is 2. The predicted octanol–water partition coefficient (Wildman–Crippen LogP) is 7.14. The first kappa shape index (κ1) is 20.9. The van der Waals surface area contributed by atoms with E-state index in [1.807, 2.05) is 42.5 Å². The number of ketones is 1. The van der Waals surface area contributed by atoms with E-state index in [2.05, 4.69) is 5.32 Å². The molecule has 0 bridgehead atoms. The summed E-state index contributed by atoms with van der Waals surface area (Å²) >= 11 is 12.3. The van der Waals surface area contributed by atoms with Crippen LogP contribution in [0.15, 0.2) is 97.1 Å². The summed E-state index contributed by atoms with van der Waals surface area (Å²) in [6.45, 7) is 0. The summed E-state index contributed by atoms with van der Waals surface area (Å²) in [6.07, 6.45) is 0. The minimum absolute atomic E-state index is 0.273. The highest BCUT2D eigenvalue weighted by atomic mass is 35.5. The highest BCUT2D eigenvalue weighted by Gasteiger charge is 2.18. The fraction of sp³-hybridized carbons (Fsp3) is 0. The topological polar surface area (TPSA) is 46.2 Å². The van der Waals surface area contributed by atoms with Gasteiger partial charge in [-0.1, -0.05) is 77.8 Å². The lowest BCUT2D eigenvalue weighted by molar-refractivity contribution is 0.102. The van der Waals surface area contributed by atoms with Crippen molar-refractivity contribution < 1.29 is 9.59 Å². The molecule has 4 aromatic carbocycles. The van der Waals surface area contributed by atoms with Crippen molar-refractivity contribution in [3.05, 3.63) is 124 Å². The Morgan fingerprint density at radius 3 is 2.00 bits per heavy atom. The highest BCUT2D eigenvalue weighted by Crippen LogP contribution is 2.27. The lowest BCUT2D eigenvalue weighted by atomic mass is 10.0. The first-order chi connectivity index (χ1) is 15.0. The Kier molecular flexibility index (Phi) is 6.17. The van der Waals surface area contributed by atoms with Crippen LogP contribution in [-0.4, -0.2) is 11.7 Å². The Bertz CT molecular complexity index is 1250. The van der Waals surface area contributed by atoms with E-state index in [9.17, 15) is 9.59 Å². The third-order valence-corrected chi connectivity index (χ3v) is 5.41. The summed E-state index contributed by atoms with van der Waals surface area (Å²) < 4.78 is 0. The zero-order valence-corrected chi connectivity index (χ0v) is 17.8. The van der Waals surface area contributed by atoms with E-state index in [1.165, 1.54) is 6.07 Å². The molecule has 0 aliphatic heterocycles.